The molecule has 5 heteroatoms. The van der Waals surface area contributed by atoms with Crippen molar-refractivity contribution in [2.24, 2.45) is 0 Å². The number of amides is 2. The molecule has 3 rings (SSSR count). The fraction of sp³-hybridized carbons (Fsp3) is 0.125. The van der Waals surface area contributed by atoms with Crippen LogP contribution in [0.25, 0.3) is 0 Å². The maximum Gasteiger partial charge on any atom is 0.254 e. The Labute approximate surface area is 127 Å². The van der Waals surface area contributed by atoms with E-state index in [9.17, 15) is 9.59 Å². The van der Waals surface area contributed by atoms with Crippen LogP contribution in [-0.2, 0) is 9.59 Å². The summed E-state index contributed by atoms with van der Waals surface area (Å²) in [7, 11) is 0. The minimum absolute atomic E-state index is 0.0177. The third-order valence-electron chi connectivity index (χ3n) is 3.39. The predicted molar refractivity (Wildman–Crippen MR) is 81.1 cm³/mol. The van der Waals surface area contributed by atoms with Crippen LogP contribution in [0.3, 0.4) is 0 Å². The minimum atomic E-state index is -0.650. The maximum absolute atomic E-state index is 12.6. The second-order valence-corrected chi connectivity index (χ2v) is 5.25. The summed E-state index contributed by atoms with van der Waals surface area (Å²) in [6, 6.07) is 15.4. The molecule has 0 saturated carbocycles. The second kappa shape index (κ2) is 5.58. The van der Waals surface area contributed by atoms with E-state index in [1.165, 1.54) is 4.90 Å². The van der Waals surface area contributed by atoms with Crippen molar-refractivity contribution in [3.8, 4) is 0 Å². The first-order valence-corrected chi connectivity index (χ1v) is 6.94. The molecule has 106 valence electrons. The molecular formula is C16H13ClN2O2. The average molecular weight is 301 g/mol. The molecule has 1 aliphatic heterocycles. The predicted octanol–water partition coefficient (Wildman–Crippen LogP) is 2.54. The van der Waals surface area contributed by atoms with E-state index in [2.05, 4.69) is 5.32 Å². The summed E-state index contributed by atoms with van der Waals surface area (Å²) in [5, 5.41) is 3.33. The number of nitrogens with zero attached hydrogens (tertiary/aromatic N) is 1. The topological polar surface area (TPSA) is 49.4 Å². The SMILES string of the molecule is O=C1CN(c2ccc(Cl)cc2)C(=O)C(c2ccccc2)N1. The van der Waals surface area contributed by atoms with E-state index < -0.39 is 6.04 Å². The fourth-order valence-corrected chi connectivity index (χ4v) is 2.48. The number of hydrogen-bond donors (Lipinski definition) is 1. The highest BCUT2D eigenvalue weighted by Crippen LogP contribution is 2.25. The smallest absolute Gasteiger partial charge is 0.254 e. The number of carbonyl (C=O) groups is 2. The number of carbonyl (C=O) groups excluding carboxylic acids is 2. The molecule has 1 fully saturated rings. The van der Waals surface area contributed by atoms with Crippen LogP contribution in [0.15, 0.2) is 54.6 Å². The maximum atomic E-state index is 12.6. The number of nitrogens with one attached hydrogen (secondary N) is 1. The Kier molecular flexibility index (Phi) is 3.62. The summed E-state index contributed by atoms with van der Waals surface area (Å²) in [6.07, 6.45) is 0. The van der Waals surface area contributed by atoms with Crippen molar-refractivity contribution in [3.63, 3.8) is 0 Å². The molecule has 1 unspecified atom stereocenters. The molecule has 21 heavy (non-hydrogen) atoms. The molecule has 1 saturated heterocycles. The van der Waals surface area contributed by atoms with Crippen LogP contribution in [0.1, 0.15) is 11.6 Å². The molecule has 2 amide bonds. The number of benzene rings is 2. The van der Waals surface area contributed by atoms with Gasteiger partial charge in [0, 0.05) is 10.7 Å². The third-order valence-corrected chi connectivity index (χ3v) is 3.64. The van der Waals surface area contributed by atoms with Gasteiger partial charge in [-0.3, -0.25) is 9.59 Å². The van der Waals surface area contributed by atoms with Crippen LogP contribution in [0.5, 0.6) is 0 Å². The molecule has 0 spiro atoms. The van der Waals surface area contributed by atoms with Crippen molar-refractivity contribution in [2.45, 2.75) is 6.04 Å². The highest BCUT2D eigenvalue weighted by Gasteiger charge is 2.34. The Balaban J connectivity index is 1.93. The van der Waals surface area contributed by atoms with E-state index in [4.69, 9.17) is 11.6 Å². The van der Waals surface area contributed by atoms with Gasteiger partial charge in [0.2, 0.25) is 5.91 Å². The quantitative estimate of drug-likeness (QED) is 0.926. The summed E-state index contributed by atoms with van der Waals surface area (Å²) in [5.41, 5.74) is 1.44. The highest BCUT2D eigenvalue weighted by atomic mass is 35.5. The van der Waals surface area contributed by atoms with Gasteiger partial charge in [-0.15, -0.1) is 0 Å². The monoisotopic (exact) mass is 300 g/mol. The fourth-order valence-electron chi connectivity index (χ4n) is 2.36. The van der Waals surface area contributed by atoms with E-state index in [0.29, 0.717) is 10.7 Å². The highest BCUT2D eigenvalue weighted by molar-refractivity contribution is 6.30. The molecule has 0 bridgehead atoms. The van der Waals surface area contributed by atoms with Gasteiger partial charge in [-0.2, -0.15) is 0 Å². The van der Waals surface area contributed by atoms with Crippen molar-refractivity contribution in [3.05, 3.63) is 65.2 Å². The van der Waals surface area contributed by atoms with E-state index in [-0.39, 0.29) is 18.4 Å². The molecule has 0 aliphatic carbocycles. The van der Waals surface area contributed by atoms with Crippen molar-refractivity contribution >= 4 is 29.1 Å². The zero-order valence-corrected chi connectivity index (χ0v) is 11.9. The Morgan fingerprint density at radius 3 is 2.33 bits per heavy atom. The van der Waals surface area contributed by atoms with Gasteiger partial charge in [0.1, 0.15) is 12.6 Å². The average Bonchev–Trinajstić information content (AvgIpc) is 2.51. The minimum Gasteiger partial charge on any atom is -0.339 e. The standard InChI is InChI=1S/C16H13ClN2O2/c17-12-6-8-13(9-7-12)19-10-14(20)18-15(16(19)21)11-4-2-1-3-5-11/h1-9,15H,10H2,(H,18,20). The molecule has 1 heterocycles. The Morgan fingerprint density at radius 2 is 1.67 bits per heavy atom. The van der Waals surface area contributed by atoms with Crippen LogP contribution < -0.4 is 10.2 Å². The lowest BCUT2D eigenvalue weighted by molar-refractivity contribution is -0.131. The van der Waals surface area contributed by atoms with Crippen LogP contribution in [-0.4, -0.2) is 18.4 Å². The van der Waals surface area contributed by atoms with Crippen LogP contribution in [0.2, 0.25) is 5.02 Å². The van der Waals surface area contributed by atoms with Crippen LogP contribution in [0, 0.1) is 0 Å². The van der Waals surface area contributed by atoms with Gasteiger partial charge in [0.05, 0.1) is 0 Å². The molecule has 1 atom stereocenters. The van der Waals surface area contributed by atoms with Crippen LogP contribution in [0.4, 0.5) is 5.69 Å². The first-order chi connectivity index (χ1) is 10.1. The molecule has 0 aromatic heterocycles. The summed E-state index contributed by atoms with van der Waals surface area (Å²) in [4.78, 5) is 26.0. The lowest BCUT2D eigenvalue weighted by atomic mass is 10.0. The lowest BCUT2D eigenvalue weighted by Gasteiger charge is -2.32. The Hall–Kier alpha value is -2.33. The van der Waals surface area contributed by atoms with Gasteiger partial charge in [0.25, 0.3) is 5.91 Å². The number of rotatable bonds is 2. The number of halogens is 1. The van der Waals surface area contributed by atoms with Crippen LogP contribution >= 0.6 is 11.6 Å². The number of piperazine rings is 1. The van der Waals surface area contributed by atoms with E-state index in [1.54, 1.807) is 24.3 Å². The first kappa shape index (κ1) is 13.6. The first-order valence-electron chi connectivity index (χ1n) is 6.56. The van der Waals surface area contributed by atoms with Gasteiger partial charge in [0.15, 0.2) is 0 Å². The Morgan fingerprint density at radius 1 is 1.00 bits per heavy atom. The lowest BCUT2D eigenvalue weighted by Crippen LogP contribution is -2.53. The summed E-state index contributed by atoms with van der Waals surface area (Å²) < 4.78 is 0. The van der Waals surface area contributed by atoms with Crippen molar-refractivity contribution in [2.75, 3.05) is 11.4 Å². The third kappa shape index (κ3) is 2.76. The zero-order chi connectivity index (χ0) is 14.8. The van der Waals surface area contributed by atoms with Gasteiger partial charge >= 0.3 is 0 Å². The normalized spacial score (nSPS) is 18.5. The largest absolute Gasteiger partial charge is 0.339 e. The van der Waals surface area contributed by atoms with E-state index >= 15 is 0 Å². The second-order valence-electron chi connectivity index (χ2n) is 4.81. The molecule has 4 nitrogen and oxygen atoms in total. The van der Waals surface area contributed by atoms with Crippen molar-refractivity contribution in [1.82, 2.24) is 5.32 Å². The van der Waals surface area contributed by atoms with Crippen molar-refractivity contribution in [1.29, 1.82) is 0 Å². The molecule has 2 aromatic carbocycles. The van der Waals surface area contributed by atoms with Crippen molar-refractivity contribution < 1.29 is 9.59 Å². The van der Waals surface area contributed by atoms with Gasteiger partial charge < -0.3 is 10.2 Å². The molecule has 1 N–H and O–H groups in total. The van der Waals surface area contributed by atoms with Gasteiger partial charge in [-0.05, 0) is 29.8 Å². The van der Waals surface area contributed by atoms with Gasteiger partial charge in [-0.1, -0.05) is 41.9 Å². The van der Waals surface area contributed by atoms with E-state index in [0.717, 1.165) is 5.56 Å². The zero-order valence-electron chi connectivity index (χ0n) is 11.1. The van der Waals surface area contributed by atoms with E-state index in [1.807, 2.05) is 30.3 Å². The molecular weight excluding hydrogens is 288 g/mol. The summed E-state index contributed by atoms with van der Waals surface area (Å²) in [6.45, 7) is 0.0177. The number of anilines is 1. The Bertz CT molecular complexity index is 670. The van der Waals surface area contributed by atoms with Gasteiger partial charge in [-0.25, -0.2) is 0 Å². The molecule has 2 aromatic rings. The molecule has 0 radical (unpaired) electrons. The summed E-state index contributed by atoms with van der Waals surface area (Å²) in [5.74, 6) is -0.332. The molecule has 1 aliphatic rings. The number of hydrogen-bond acceptors (Lipinski definition) is 2. The summed E-state index contributed by atoms with van der Waals surface area (Å²) >= 11 is 5.86.